The van der Waals surface area contributed by atoms with Crippen LogP contribution in [0.4, 0.5) is 0 Å². The number of rotatable bonds is 1. The summed E-state index contributed by atoms with van der Waals surface area (Å²) in [6.07, 6.45) is 0. The Hall–Kier alpha value is -0.900. The molecule has 0 aliphatic heterocycles. The Labute approximate surface area is 86.7 Å². The Morgan fingerprint density at radius 1 is 1.07 bits per heavy atom. The Bertz CT molecular complexity index is 176. The van der Waals surface area contributed by atoms with Crippen LogP contribution in [0.1, 0.15) is 12.5 Å². The number of nitrogens with two attached hydrogens (primary N) is 2. The van der Waals surface area contributed by atoms with Crippen LogP contribution in [-0.2, 0) is 0 Å². The highest BCUT2D eigenvalue weighted by Gasteiger charge is 1.72. The third-order valence-corrected chi connectivity index (χ3v) is 1.11. The van der Waals surface area contributed by atoms with Gasteiger partial charge in [0.1, 0.15) is 0 Å². The molecule has 0 amide bonds. The Kier molecular flexibility index (Phi) is 16.3. The molecule has 3 heteroatoms. The lowest BCUT2D eigenvalue weighted by molar-refractivity contribution is 0.318. The molecule has 14 heavy (non-hydrogen) atoms. The molecule has 1 aromatic rings. The van der Waals surface area contributed by atoms with E-state index in [1.54, 1.807) is 6.92 Å². The maximum Gasteiger partial charge on any atom is 0.0402 e. The molecule has 0 bridgehead atoms. The lowest BCUT2D eigenvalue weighted by Crippen LogP contribution is -2.11. The van der Waals surface area contributed by atoms with E-state index in [1.807, 2.05) is 18.2 Å². The Balaban J connectivity index is 0. The summed E-state index contributed by atoms with van der Waals surface area (Å²) in [5.41, 5.74) is 11.1. The molecule has 1 rings (SSSR count). The molecule has 5 N–H and O–H groups in total. The van der Waals surface area contributed by atoms with Crippen molar-refractivity contribution in [2.75, 3.05) is 19.7 Å². The Morgan fingerprint density at radius 3 is 1.57 bits per heavy atom. The third-order valence-electron chi connectivity index (χ3n) is 1.11. The minimum Gasteiger partial charge on any atom is -0.397 e. The second-order valence-electron chi connectivity index (χ2n) is 2.55. The zero-order valence-corrected chi connectivity index (χ0v) is 9.11. The molecular weight excluding hydrogens is 176 g/mol. The SMILES string of the molecule is CCO.Cc1ccccc1.NCCN. The summed E-state index contributed by atoms with van der Waals surface area (Å²) in [6.45, 7) is 5.21. The molecule has 0 aliphatic rings. The molecule has 1 aromatic carbocycles. The molecule has 82 valence electrons. The van der Waals surface area contributed by atoms with Gasteiger partial charge in [0.25, 0.3) is 0 Å². The monoisotopic (exact) mass is 198 g/mol. The second kappa shape index (κ2) is 14.6. The fourth-order valence-corrected chi connectivity index (χ4v) is 0.534. The van der Waals surface area contributed by atoms with Crippen molar-refractivity contribution < 1.29 is 5.11 Å². The quantitative estimate of drug-likeness (QED) is 0.627. The first-order valence-corrected chi connectivity index (χ1v) is 4.75. The average molecular weight is 198 g/mol. The average Bonchev–Trinajstić information content (AvgIpc) is 2.21. The lowest BCUT2D eigenvalue weighted by Gasteiger charge is -1.82. The van der Waals surface area contributed by atoms with E-state index in [0.717, 1.165) is 0 Å². The van der Waals surface area contributed by atoms with Crippen LogP contribution in [-0.4, -0.2) is 24.8 Å². The van der Waals surface area contributed by atoms with Gasteiger partial charge >= 0.3 is 0 Å². The summed E-state index contributed by atoms with van der Waals surface area (Å²) >= 11 is 0. The van der Waals surface area contributed by atoms with Gasteiger partial charge in [0.2, 0.25) is 0 Å². The van der Waals surface area contributed by atoms with E-state index >= 15 is 0 Å². The third kappa shape index (κ3) is 17.3. The first-order valence-electron chi connectivity index (χ1n) is 4.75. The fourth-order valence-electron chi connectivity index (χ4n) is 0.534. The van der Waals surface area contributed by atoms with Crippen molar-refractivity contribution in [1.29, 1.82) is 0 Å². The van der Waals surface area contributed by atoms with Crippen LogP contribution in [0.5, 0.6) is 0 Å². The number of aliphatic hydroxyl groups excluding tert-OH is 1. The van der Waals surface area contributed by atoms with Crippen LogP contribution in [0.15, 0.2) is 30.3 Å². The number of hydrogen-bond donors (Lipinski definition) is 3. The van der Waals surface area contributed by atoms with E-state index in [0.29, 0.717) is 13.1 Å². The molecule has 0 saturated carbocycles. The van der Waals surface area contributed by atoms with E-state index in [-0.39, 0.29) is 6.61 Å². The van der Waals surface area contributed by atoms with Crippen LogP contribution in [0, 0.1) is 6.92 Å². The zero-order chi connectivity index (χ0) is 11.2. The predicted molar refractivity (Wildman–Crippen MR) is 62.0 cm³/mol. The van der Waals surface area contributed by atoms with Crippen molar-refractivity contribution in [3.63, 3.8) is 0 Å². The van der Waals surface area contributed by atoms with E-state index in [4.69, 9.17) is 16.6 Å². The molecule has 0 spiro atoms. The minimum atomic E-state index is 0.250. The van der Waals surface area contributed by atoms with Gasteiger partial charge in [-0.05, 0) is 13.8 Å². The van der Waals surface area contributed by atoms with Crippen molar-refractivity contribution in [1.82, 2.24) is 0 Å². The summed E-state index contributed by atoms with van der Waals surface area (Å²) in [4.78, 5) is 0. The topological polar surface area (TPSA) is 72.3 Å². The van der Waals surface area contributed by atoms with Crippen LogP contribution in [0.3, 0.4) is 0 Å². The molecule has 3 nitrogen and oxygen atoms in total. The van der Waals surface area contributed by atoms with Crippen molar-refractivity contribution in [2.45, 2.75) is 13.8 Å². The number of benzene rings is 1. The minimum absolute atomic E-state index is 0.250. The van der Waals surface area contributed by atoms with Crippen molar-refractivity contribution in [3.8, 4) is 0 Å². The summed E-state index contributed by atoms with van der Waals surface area (Å²) < 4.78 is 0. The van der Waals surface area contributed by atoms with Crippen molar-refractivity contribution >= 4 is 0 Å². The van der Waals surface area contributed by atoms with E-state index in [9.17, 15) is 0 Å². The van der Waals surface area contributed by atoms with Gasteiger partial charge in [-0.2, -0.15) is 0 Å². The van der Waals surface area contributed by atoms with Crippen LogP contribution in [0.2, 0.25) is 0 Å². The Morgan fingerprint density at radius 2 is 1.43 bits per heavy atom. The highest BCUT2D eigenvalue weighted by molar-refractivity contribution is 5.11. The lowest BCUT2D eigenvalue weighted by atomic mass is 10.2. The maximum absolute atomic E-state index is 7.57. The fraction of sp³-hybridized carbons (Fsp3) is 0.455. The van der Waals surface area contributed by atoms with Gasteiger partial charge in [-0.15, -0.1) is 0 Å². The van der Waals surface area contributed by atoms with E-state index in [1.165, 1.54) is 5.56 Å². The predicted octanol–water partition coefficient (Wildman–Crippen LogP) is 0.897. The molecule has 0 aliphatic carbocycles. The van der Waals surface area contributed by atoms with Crippen LogP contribution >= 0.6 is 0 Å². The molecule has 0 atom stereocenters. The standard InChI is InChI=1S/C7H8.C2H8N2.C2H6O/c1-7-5-3-2-4-6-7;3-1-2-4;1-2-3/h2-6H,1H3;1-4H2;3H,2H2,1H3. The molecule has 0 saturated heterocycles. The van der Waals surface area contributed by atoms with Crippen LogP contribution < -0.4 is 11.5 Å². The summed E-state index contributed by atoms with van der Waals surface area (Å²) in [5, 5.41) is 7.57. The van der Waals surface area contributed by atoms with Gasteiger partial charge < -0.3 is 16.6 Å². The van der Waals surface area contributed by atoms with Crippen LogP contribution in [0.25, 0.3) is 0 Å². The van der Waals surface area contributed by atoms with Gasteiger partial charge in [0, 0.05) is 19.7 Å². The molecule has 0 aromatic heterocycles. The summed E-state index contributed by atoms with van der Waals surface area (Å²) in [7, 11) is 0. The molecule has 0 heterocycles. The van der Waals surface area contributed by atoms with Gasteiger partial charge in [-0.3, -0.25) is 0 Å². The maximum atomic E-state index is 7.57. The summed E-state index contributed by atoms with van der Waals surface area (Å²) in [5.74, 6) is 0. The van der Waals surface area contributed by atoms with E-state index < -0.39 is 0 Å². The second-order valence-corrected chi connectivity index (χ2v) is 2.55. The highest BCUT2D eigenvalue weighted by atomic mass is 16.2. The van der Waals surface area contributed by atoms with Gasteiger partial charge in [0.05, 0.1) is 0 Å². The van der Waals surface area contributed by atoms with Crippen molar-refractivity contribution in [3.05, 3.63) is 35.9 Å². The first kappa shape index (κ1) is 15.6. The van der Waals surface area contributed by atoms with Gasteiger partial charge in [-0.25, -0.2) is 0 Å². The molecule has 0 radical (unpaired) electrons. The number of aliphatic hydroxyl groups is 1. The largest absolute Gasteiger partial charge is 0.397 e. The first-order chi connectivity index (χ1) is 6.72. The molecular formula is C11H22N2O. The van der Waals surface area contributed by atoms with Crippen molar-refractivity contribution in [2.24, 2.45) is 11.5 Å². The van der Waals surface area contributed by atoms with E-state index in [2.05, 4.69) is 19.1 Å². The molecule has 0 fully saturated rings. The highest BCUT2D eigenvalue weighted by Crippen LogP contribution is 1.92. The summed E-state index contributed by atoms with van der Waals surface area (Å²) in [6, 6.07) is 10.3. The smallest absolute Gasteiger partial charge is 0.0402 e. The van der Waals surface area contributed by atoms with Gasteiger partial charge in [0.15, 0.2) is 0 Å². The zero-order valence-electron chi connectivity index (χ0n) is 9.11. The van der Waals surface area contributed by atoms with Gasteiger partial charge in [-0.1, -0.05) is 35.9 Å². The number of aryl methyl sites for hydroxylation is 1. The number of hydrogen-bond acceptors (Lipinski definition) is 3. The normalized spacial score (nSPS) is 7.79. The molecule has 0 unspecified atom stereocenters.